The lowest BCUT2D eigenvalue weighted by molar-refractivity contribution is 0.601. The van der Waals surface area contributed by atoms with E-state index in [9.17, 15) is 8.42 Å². The maximum Gasteiger partial charge on any atom is 0.149 e. The lowest BCUT2D eigenvalue weighted by Crippen LogP contribution is -2.25. The van der Waals surface area contributed by atoms with E-state index in [0.717, 1.165) is 16.8 Å². The van der Waals surface area contributed by atoms with Crippen LogP contribution in [-0.4, -0.2) is 34.0 Å². The van der Waals surface area contributed by atoms with Gasteiger partial charge in [-0.05, 0) is 18.6 Å². The summed E-state index contributed by atoms with van der Waals surface area (Å²) in [6.07, 6.45) is 1.25. The van der Waals surface area contributed by atoms with E-state index in [-0.39, 0.29) is 5.75 Å². The van der Waals surface area contributed by atoms with Gasteiger partial charge in [0, 0.05) is 31.4 Å². The van der Waals surface area contributed by atoms with E-state index in [2.05, 4.69) is 0 Å². The molecule has 0 amide bonds. The molecule has 0 aliphatic carbocycles. The predicted molar refractivity (Wildman–Crippen MR) is 73.7 cm³/mol. The Balaban J connectivity index is 2.85. The Morgan fingerprint density at radius 3 is 2.53 bits per heavy atom. The molecule has 0 aliphatic rings. The van der Waals surface area contributed by atoms with Gasteiger partial charge in [0.05, 0.1) is 5.75 Å². The van der Waals surface area contributed by atoms with E-state index in [1.165, 1.54) is 6.26 Å². The average Bonchev–Trinajstić information content (AvgIpc) is 2.24. The lowest BCUT2D eigenvalue weighted by atomic mass is 10.1. The molecular formula is C12H18ClNO2S. The summed E-state index contributed by atoms with van der Waals surface area (Å²) < 4.78 is 22.2. The molecule has 5 heteroatoms. The topological polar surface area (TPSA) is 37.4 Å². The summed E-state index contributed by atoms with van der Waals surface area (Å²) in [5.74, 6) is 0.583. The largest absolute Gasteiger partial charge is 0.373 e. The molecule has 0 aromatic heterocycles. The van der Waals surface area contributed by atoms with Crippen molar-refractivity contribution in [1.82, 2.24) is 0 Å². The second-order valence-corrected chi connectivity index (χ2v) is 6.84. The summed E-state index contributed by atoms with van der Waals surface area (Å²) in [5, 5.41) is 0. The first-order chi connectivity index (χ1) is 7.83. The third kappa shape index (κ3) is 4.56. The monoisotopic (exact) mass is 275 g/mol. The van der Waals surface area contributed by atoms with Crippen molar-refractivity contribution in [3.63, 3.8) is 0 Å². The quantitative estimate of drug-likeness (QED) is 0.774. The fourth-order valence-corrected chi connectivity index (χ4v) is 2.44. The zero-order valence-electron chi connectivity index (χ0n) is 10.4. The normalized spacial score (nSPS) is 11.5. The van der Waals surface area contributed by atoms with Gasteiger partial charge in [-0.15, -0.1) is 11.6 Å². The van der Waals surface area contributed by atoms with Crippen molar-refractivity contribution in [2.24, 2.45) is 0 Å². The van der Waals surface area contributed by atoms with Gasteiger partial charge in [0.25, 0.3) is 0 Å². The molecule has 0 N–H and O–H groups in total. The van der Waals surface area contributed by atoms with Crippen LogP contribution in [0.15, 0.2) is 18.2 Å². The molecule has 0 spiro atoms. The minimum atomic E-state index is -2.93. The molecule has 3 nitrogen and oxygen atoms in total. The van der Waals surface area contributed by atoms with Crippen LogP contribution in [0.1, 0.15) is 11.1 Å². The van der Waals surface area contributed by atoms with Crippen molar-refractivity contribution < 1.29 is 8.42 Å². The molecule has 0 bridgehead atoms. The van der Waals surface area contributed by atoms with Gasteiger partial charge in [0.2, 0.25) is 0 Å². The van der Waals surface area contributed by atoms with Gasteiger partial charge < -0.3 is 4.90 Å². The van der Waals surface area contributed by atoms with Gasteiger partial charge >= 0.3 is 0 Å². The first-order valence-corrected chi connectivity index (χ1v) is 7.97. The Morgan fingerprint density at radius 1 is 1.35 bits per heavy atom. The zero-order chi connectivity index (χ0) is 13.1. The number of benzene rings is 1. The maximum atomic E-state index is 11.1. The highest BCUT2D eigenvalue weighted by Gasteiger charge is 2.09. The van der Waals surface area contributed by atoms with Crippen LogP contribution in [0, 0.1) is 6.92 Å². The van der Waals surface area contributed by atoms with E-state index < -0.39 is 9.84 Å². The molecule has 0 unspecified atom stereocenters. The van der Waals surface area contributed by atoms with Crippen molar-refractivity contribution in [1.29, 1.82) is 0 Å². The van der Waals surface area contributed by atoms with Crippen molar-refractivity contribution in [3.8, 4) is 0 Å². The molecule has 1 aromatic rings. The van der Waals surface area contributed by atoms with Crippen LogP contribution in [0.2, 0.25) is 0 Å². The Labute approximate surface area is 108 Å². The summed E-state index contributed by atoms with van der Waals surface area (Å²) in [7, 11) is -1.05. The van der Waals surface area contributed by atoms with E-state index in [4.69, 9.17) is 11.6 Å². The molecule has 0 aliphatic heterocycles. The van der Waals surface area contributed by atoms with Crippen LogP contribution in [-0.2, 0) is 15.7 Å². The minimum Gasteiger partial charge on any atom is -0.373 e. The Kier molecular flexibility index (Phi) is 4.83. The standard InChI is InChI=1S/C12H18ClNO2S/c1-10-4-5-12(11(8-10)9-13)14(2)6-7-17(3,15)16/h4-5,8H,6-7,9H2,1-3H3. The van der Waals surface area contributed by atoms with Crippen molar-refractivity contribution in [2.45, 2.75) is 12.8 Å². The fourth-order valence-electron chi connectivity index (χ4n) is 1.62. The molecule has 0 fully saturated rings. The molecule has 96 valence electrons. The number of anilines is 1. The number of nitrogens with zero attached hydrogens (tertiary/aromatic N) is 1. The van der Waals surface area contributed by atoms with Gasteiger partial charge in [0.15, 0.2) is 0 Å². The number of sulfone groups is 1. The molecule has 0 heterocycles. The van der Waals surface area contributed by atoms with Gasteiger partial charge in [-0.25, -0.2) is 8.42 Å². The smallest absolute Gasteiger partial charge is 0.149 e. The van der Waals surface area contributed by atoms with Gasteiger partial charge in [0.1, 0.15) is 9.84 Å². The highest BCUT2D eigenvalue weighted by Crippen LogP contribution is 2.22. The second-order valence-electron chi connectivity index (χ2n) is 4.32. The number of hydrogen-bond donors (Lipinski definition) is 0. The van der Waals surface area contributed by atoms with Gasteiger partial charge in [-0.1, -0.05) is 17.7 Å². The SMILES string of the molecule is Cc1ccc(N(C)CCS(C)(=O)=O)c(CCl)c1. The Hall–Kier alpha value is -0.740. The molecule has 0 atom stereocenters. The van der Waals surface area contributed by atoms with Crippen molar-refractivity contribution in [2.75, 3.05) is 30.5 Å². The van der Waals surface area contributed by atoms with E-state index in [0.29, 0.717) is 12.4 Å². The molecule has 17 heavy (non-hydrogen) atoms. The molecule has 0 saturated carbocycles. The average molecular weight is 276 g/mol. The highest BCUT2D eigenvalue weighted by molar-refractivity contribution is 7.90. The molecule has 0 saturated heterocycles. The van der Waals surface area contributed by atoms with Crippen LogP contribution < -0.4 is 4.90 Å². The summed E-state index contributed by atoms with van der Waals surface area (Å²) >= 11 is 5.89. The second kappa shape index (κ2) is 5.74. The molecule has 1 rings (SSSR count). The van der Waals surface area contributed by atoms with Crippen LogP contribution in [0.4, 0.5) is 5.69 Å². The van der Waals surface area contributed by atoms with Crippen molar-refractivity contribution >= 4 is 27.1 Å². The Morgan fingerprint density at radius 2 is 2.00 bits per heavy atom. The first kappa shape index (κ1) is 14.3. The summed E-state index contributed by atoms with van der Waals surface area (Å²) in [5.41, 5.74) is 3.18. The number of alkyl halides is 1. The minimum absolute atomic E-state index is 0.152. The van der Waals surface area contributed by atoms with E-state index >= 15 is 0 Å². The lowest BCUT2D eigenvalue weighted by Gasteiger charge is -2.21. The summed E-state index contributed by atoms with van der Waals surface area (Å²) in [6, 6.07) is 6.01. The first-order valence-electron chi connectivity index (χ1n) is 5.38. The number of aryl methyl sites for hydroxylation is 1. The fraction of sp³-hybridized carbons (Fsp3) is 0.500. The summed E-state index contributed by atoms with van der Waals surface area (Å²) in [4.78, 5) is 1.93. The summed E-state index contributed by atoms with van der Waals surface area (Å²) in [6.45, 7) is 2.49. The zero-order valence-corrected chi connectivity index (χ0v) is 12.0. The molecule has 1 aromatic carbocycles. The van der Waals surface area contributed by atoms with Crippen LogP contribution >= 0.6 is 11.6 Å². The highest BCUT2D eigenvalue weighted by atomic mass is 35.5. The Bertz CT molecular complexity index is 485. The van der Waals surface area contributed by atoms with Crippen LogP contribution in [0.5, 0.6) is 0 Å². The maximum absolute atomic E-state index is 11.1. The van der Waals surface area contributed by atoms with Gasteiger partial charge in [-0.3, -0.25) is 0 Å². The third-order valence-corrected chi connectivity index (χ3v) is 3.80. The van der Waals surface area contributed by atoms with Crippen molar-refractivity contribution in [3.05, 3.63) is 29.3 Å². The number of halogens is 1. The predicted octanol–water partition coefficient (Wildman–Crippen LogP) is 2.21. The van der Waals surface area contributed by atoms with E-state index in [1.54, 1.807) is 0 Å². The van der Waals surface area contributed by atoms with E-state index in [1.807, 2.05) is 37.1 Å². The van der Waals surface area contributed by atoms with Crippen LogP contribution in [0.3, 0.4) is 0 Å². The molecule has 0 radical (unpaired) electrons. The van der Waals surface area contributed by atoms with Gasteiger partial charge in [-0.2, -0.15) is 0 Å². The number of rotatable bonds is 5. The third-order valence-electron chi connectivity index (χ3n) is 2.59. The molecular weight excluding hydrogens is 258 g/mol. The number of hydrogen-bond acceptors (Lipinski definition) is 3. The van der Waals surface area contributed by atoms with Crippen LogP contribution in [0.25, 0.3) is 0 Å².